The maximum Gasteiger partial charge on any atom is 0.243 e. The Kier molecular flexibility index (Phi) is 6.56. The summed E-state index contributed by atoms with van der Waals surface area (Å²) in [6.45, 7) is 6.52. The van der Waals surface area contributed by atoms with Crippen molar-refractivity contribution < 1.29 is 17.9 Å². The molecule has 1 amide bonds. The number of rotatable bonds is 6. The third-order valence-corrected chi connectivity index (χ3v) is 7.00. The number of anilines is 1. The van der Waals surface area contributed by atoms with Gasteiger partial charge in [-0.25, -0.2) is 8.42 Å². The second-order valence-electron chi connectivity index (χ2n) is 7.15. The highest BCUT2D eigenvalue weighted by molar-refractivity contribution is 7.89. The number of ether oxygens (including phenoxy) is 1. The topological polar surface area (TPSA) is 79.0 Å². The van der Waals surface area contributed by atoms with Gasteiger partial charge in [-0.1, -0.05) is 24.3 Å². The molecular weight excluding hydrogens is 390 g/mol. The Balaban J connectivity index is 1.69. The van der Waals surface area contributed by atoms with Gasteiger partial charge in [0.05, 0.1) is 17.7 Å². The summed E-state index contributed by atoms with van der Waals surface area (Å²) < 4.78 is 32.9. The van der Waals surface area contributed by atoms with Gasteiger partial charge in [0, 0.05) is 45.7 Å². The van der Waals surface area contributed by atoms with E-state index < -0.39 is 10.0 Å². The molecule has 0 bridgehead atoms. The smallest absolute Gasteiger partial charge is 0.243 e. The largest absolute Gasteiger partial charge is 0.495 e. The molecule has 0 radical (unpaired) electrons. The highest BCUT2D eigenvalue weighted by Crippen LogP contribution is 2.29. The van der Waals surface area contributed by atoms with Crippen molar-refractivity contribution in [2.24, 2.45) is 0 Å². The van der Waals surface area contributed by atoms with Crippen molar-refractivity contribution >= 4 is 21.6 Å². The normalized spacial score (nSPS) is 15.8. The maximum absolute atomic E-state index is 13.1. The zero-order valence-electron chi connectivity index (χ0n) is 17.0. The van der Waals surface area contributed by atoms with E-state index in [1.54, 1.807) is 6.07 Å². The van der Waals surface area contributed by atoms with Crippen LogP contribution in [0.25, 0.3) is 0 Å². The number of piperazine rings is 1. The number of sulfonamides is 1. The molecule has 0 atom stereocenters. The van der Waals surface area contributed by atoms with Crippen molar-refractivity contribution in [2.45, 2.75) is 25.3 Å². The van der Waals surface area contributed by atoms with E-state index in [0.29, 0.717) is 37.6 Å². The third-order valence-electron chi connectivity index (χ3n) is 5.11. The molecule has 2 aromatic carbocycles. The number of carbonyl (C=O) groups excluding carboxylic acids is 1. The van der Waals surface area contributed by atoms with Crippen LogP contribution in [0.1, 0.15) is 18.1 Å². The minimum Gasteiger partial charge on any atom is -0.495 e. The fourth-order valence-corrected chi connectivity index (χ4v) is 4.87. The first-order valence-corrected chi connectivity index (χ1v) is 11.0. The fraction of sp³-hybridized carbons (Fsp3) is 0.381. The summed E-state index contributed by atoms with van der Waals surface area (Å²) in [5.74, 6) is 0.0724. The van der Waals surface area contributed by atoms with E-state index in [4.69, 9.17) is 4.74 Å². The summed E-state index contributed by atoms with van der Waals surface area (Å²) in [7, 11) is -2.18. The number of nitrogens with one attached hydrogen (secondary N) is 1. The molecular formula is C21H27N3O4S. The average molecular weight is 418 g/mol. The first-order valence-electron chi connectivity index (χ1n) is 9.54. The Morgan fingerprint density at radius 1 is 1.10 bits per heavy atom. The van der Waals surface area contributed by atoms with Gasteiger partial charge in [-0.2, -0.15) is 4.31 Å². The van der Waals surface area contributed by atoms with E-state index in [1.165, 1.54) is 41.6 Å². The monoisotopic (exact) mass is 417 g/mol. The number of methoxy groups -OCH3 is 1. The van der Waals surface area contributed by atoms with Crippen molar-refractivity contribution in [3.8, 4) is 5.75 Å². The predicted molar refractivity (Wildman–Crippen MR) is 113 cm³/mol. The molecule has 7 nitrogen and oxygen atoms in total. The second-order valence-corrected chi connectivity index (χ2v) is 9.09. The summed E-state index contributed by atoms with van der Waals surface area (Å²) in [6.07, 6.45) is 0. The lowest BCUT2D eigenvalue weighted by atomic mass is 10.1. The molecule has 3 rings (SSSR count). The molecule has 0 aromatic heterocycles. The van der Waals surface area contributed by atoms with E-state index in [2.05, 4.69) is 29.3 Å². The van der Waals surface area contributed by atoms with Crippen molar-refractivity contribution in [2.75, 3.05) is 38.6 Å². The minimum absolute atomic E-state index is 0.163. The van der Waals surface area contributed by atoms with Crippen LogP contribution in [0.15, 0.2) is 47.4 Å². The highest BCUT2D eigenvalue weighted by Gasteiger charge is 2.29. The highest BCUT2D eigenvalue weighted by atomic mass is 32.2. The van der Waals surface area contributed by atoms with Crippen LogP contribution in [0.2, 0.25) is 0 Å². The number of nitrogens with zero attached hydrogens (tertiary/aromatic N) is 2. The van der Waals surface area contributed by atoms with Crippen LogP contribution in [-0.2, 0) is 21.4 Å². The van der Waals surface area contributed by atoms with E-state index in [-0.39, 0.29) is 10.8 Å². The molecule has 2 aromatic rings. The zero-order valence-corrected chi connectivity index (χ0v) is 17.8. The molecule has 156 valence electrons. The van der Waals surface area contributed by atoms with Gasteiger partial charge in [-0.15, -0.1) is 0 Å². The van der Waals surface area contributed by atoms with Crippen molar-refractivity contribution in [1.82, 2.24) is 9.21 Å². The Bertz CT molecular complexity index is 983. The molecule has 1 N–H and O–H groups in total. The average Bonchev–Trinajstić information content (AvgIpc) is 2.70. The van der Waals surface area contributed by atoms with Gasteiger partial charge in [-0.3, -0.25) is 9.69 Å². The number of hydrogen-bond donors (Lipinski definition) is 1. The zero-order chi connectivity index (χ0) is 21.0. The summed E-state index contributed by atoms with van der Waals surface area (Å²) in [5, 5.41) is 2.64. The van der Waals surface area contributed by atoms with Gasteiger partial charge in [0.25, 0.3) is 0 Å². The van der Waals surface area contributed by atoms with Crippen LogP contribution in [0.3, 0.4) is 0 Å². The fourth-order valence-electron chi connectivity index (χ4n) is 3.43. The summed E-state index contributed by atoms with van der Waals surface area (Å²) >= 11 is 0. The van der Waals surface area contributed by atoms with Gasteiger partial charge >= 0.3 is 0 Å². The molecule has 0 unspecified atom stereocenters. The van der Waals surface area contributed by atoms with Gasteiger partial charge < -0.3 is 10.1 Å². The van der Waals surface area contributed by atoms with Crippen LogP contribution in [0, 0.1) is 6.92 Å². The van der Waals surface area contributed by atoms with E-state index in [1.807, 2.05) is 12.1 Å². The molecule has 0 spiro atoms. The number of hydrogen-bond acceptors (Lipinski definition) is 5. The summed E-state index contributed by atoms with van der Waals surface area (Å²) in [4.78, 5) is 13.7. The second kappa shape index (κ2) is 8.94. The van der Waals surface area contributed by atoms with E-state index >= 15 is 0 Å². The first kappa shape index (κ1) is 21.3. The quantitative estimate of drug-likeness (QED) is 0.781. The summed E-state index contributed by atoms with van der Waals surface area (Å²) in [5.41, 5.74) is 2.96. The Hall–Kier alpha value is -2.42. The molecule has 0 saturated carbocycles. The van der Waals surface area contributed by atoms with Gasteiger partial charge in [-0.05, 0) is 30.2 Å². The molecule has 29 heavy (non-hydrogen) atoms. The molecule has 1 heterocycles. The van der Waals surface area contributed by atoms with Crippen LogP contribution in [-0.4, -0.2) is 56.8 Å². The number of amides is 1. The summed E-state index contributed by atoms with van der Waals surface area (Å²) in [6, 6.07) is 12.8. The molecule has 1 fully saturated rings. The SMILES string of the molecule is COc1cc(S(=O)(=O)N2CCN(Cc3ccccc3C)CC2)ccc1NC(C)=O. The lowest BCUT2D eigenvalue weighted by Gasteiger charge is -2.34. The van der Waals surface area contributed by atoms with Crippen LogP contribution in [0.4, 0.5) is 5.69 Å². The van der Waals surface area contributed by atoms with Crippen LogP contribution < -0.4 is 10.1 Å². The van der Waals surface area contributed by atoms with Crippen molar-refractivity contribution in [3.63, 3.8) is 0 Å². The first-order chi connectivity index (χ1) is 13.8. The lowest BCUT2D eigenvalue weighted by molar-refractivity contribution is -0.114. The van der Waals surface area contributed by atoms with Gasteiger partial charge in [0.15, 0.2) is 0 Å². The Morgan fingerprint density at radius 2 is 1.79 bits per heavy atom. The third kappa shape index (κ3) is 4.95. The number of aryl methyl sites for hydroxylation is 1. The molecule has 1 saturated heterocycles. The predicted octanol–water partition coefficient (Wildman–Crippen LogP) is 2.47. The Morgan fingerprint density at radius 3 is 2.41 bits per heavy atom. The molecule has 1 aliphatic heterocycles. The lowest BCUT2D eigenvalue weighted by Crippen LogP contribution is -2.48. The Labute approximate surface area is 172 Å². The minimum atomic E-state index is -3.63. The maximum atomic E-state index is 13.1. The van der Waals surface area contributed by atoms with Crippen LogP contribution >= 0.6 is 0 Å². The van der Waals surface area contributed by atoms with Crippen molar-refractivity contribution in [3.05, 3.63) is 53.6 Å². The number of carbonyl (C=O) groups is 1. The van der Waals surface area contributed by atoms with Gasteiger partial charge in [0.2, 0.25) is 15.9 Å². The standard InChI is InChI=1S/C21H27N3O4S/c1-16-6-4-5-7-18(16)15-23-10-12-24(13-11-23)29(26,27)19-8-9-20(22-17(2)25)21(14-19)28-3/h4-9,14H,10-13,15H2,1-3H3,(H,22,25). The van der Waals surface area contributed by atoms with E-state index in [0.717, 1.165) is 6.54 Å². The molecule has 0 aliphatic carbocycles. The van der Waals surface area contributed by atoms with Gasteiger partial charge in [0.1, 0.15) is 5.75 Å². The van der Waals surface area contributed by atoms with Crippen LogP contribution in [0.5, 0.6) is 5.75 Å². The number of benzene rings is 2. The molecule has 8 heteroatoms. The molecule has 1 aliphatic rings. The van der Waals surface area contributed by atoms with Crippen molar-refractivity contribution in [1.29, 1.82) is 0 Å². The van der Waals surface area contributed by atoms with E-state index in [9.17, 15) is 13.2 Å².